The molecular weight excluding hydrogens is 236 g/mol. The van der Waals surface area contributed by atoms with Gasteiger partial charge in [-0.3, -0.25) is 4.79 Å². The van der Waals surface area contributed by atoms with Crippen LogP contribution in [0.4, 0.5) is 0 Å². The fourth-order valence-corrected chi connectivity index (χ4v) is 1.26. The van der Waals surface area contributed by atoms with E-state index in [0.717, 1.165) is 5.56 Å². The maximum Gasteiger partial charge on any atom is 0.257 e. The third-order valence-corrected chi connectivity index (χ3v) is 2.29. The first-order valence-corrected chi connectivity index (χ1v) is 5.73. The zero-order valence-corrected chi connectivity index (χ0v) is 10.5. The molecule has 0 atom stereocenters. The molecule has 17 heavy (non-hydrogen) atoms. The highest BCUT2D eigenvalue weighted by Crippen LogP contribution is 2.10. The molecule has 0 saturated heterocycles. The predicted molar refractivity (Wildman–Crippen MR) is 71.1 cm³/mol. The molecule has 1 amide bonds. The van der Waals surface area contributed by atoms with E-state index in [-0.39, 0.29) is 12.5 Å². The Labute approximate surface area is 106 Å². The molecule has 0 heterocycles. The van der Waals surface area contributed by atoms with Gasteiger partial charge in [0.05, 0.1) is 4.99 Å². The van der Waals surface area contributed by atoms with E-state index in [1.54, 1.807) is 0 Å². The Bertz CT molecular complexity index is 390. The van der Waals surface area contributed by atoms with Crippen molar-refractivity contribution in [2.75, 3.05) is 13.2 Å². The summed E-state index contributed by atoms with van der Waals surface area (Å²) in [5.41, 5.74) is 6.46. The second-order valence-corrected chi connectivity index (χ2v) is 4.19. The van der Waals surface area contributed by atoms with E-state index >= 15 is 0 Å². The summed E-state index contributed by atoms with van der Waals surface area (Å²) in [4.78, 5) is 11.7. The zero-order valence-electron chi connectivity index (χ0n) is 9.73. The van der Waals surface area contributed by atoms with Gasteiger partial charge in [0.15, 0.2) is 6.61 Å². The smallest absolute Gasteiger partial charge is 0.257 e. The first-order valence-electron chi connectivity index (χ1n) is 5.32. The predicted octanol–water partition coefficient (Wildman–Crippen LogP) is 1.17. The van der Waals surface area contributed by atoms with Crippen LogP contribution in [0.2, 0.25) is 0 Å². The van der Waals surface area contributed by atoms with Crippen LogP contribution in [-0.2, 0) is 4.79 Å². The minimum absolute atomic E-state index is 0.000391. The largest absolute Gasteiger partial charge is 0.484 e. The van der Waals surface area contributed by atoms with Crippen LogP contribution < -0.4 is 15.8 Å². The number of ether oxygens (including phenoxy) is 1. The Morgan fingerprint density at radius 3 is 2.65 bits per heavy atom. The van der Waals surface area contributed by atoms with E-state index in [0.29, 0.717) is 23.7 Å². The highest BCUT2D eigenvalue weighted by Gasteiger charge is 2.02. The summed E-state index contributed by atoms with van der Waals surface area (Å²) in [6.45, 7) is 2.44. The van der Waals surface area contributed by atoms with Gasteiger partial charge in [-0.2, -0.15) is 0 Å². The molecule has 0 saturated carbocycles. The number of benzene rings is 1. The number of nitrogens with one attached hydrogen (secondary N) is 1. The minimum Gasteiger partial charge on any atom is -0.484 e. The fraction of sp³-hybridized carbons (Fsp3) is 0.333. The topological polar surface area (TPSA) is 64.3 Å². The molecule has 0 bridgehead atoms. The van der Waals surface area contributed by atoms with E-state index in [2.05, 4.69) is 5.32 Å². The third kappa shape index (κ3) is 5.87. The Kier molecular flexibility index (Phi) is 5.42. The van der Waals surface area contributed by atoms with Gasteiger partial charge in [0.1, 0.15) is 5.75 Å². The molecule has 1 aromatic carbocycles. The molecule has 5 heteroatoms. The van der Waals surface area contributed by atoms with Crippen molar-refractivity contribution in [3.63, 3.8) is 0 Å². The molecule has 92 valence electrons. The van der Waals surface area contributed by atoms with Crippen molar-refractivity contribution in [2.45, 2.75) is 13.3 Å². The number of hydrogen-bond acceptors (Lipinski definition) is 3. The summed E-state index contributed by atoms with van der Waals surface area (Å²) in [6, 6.07) is 7.52. The average Bonchev–Trinajstić information content (AvgIpc) is 2.28. The van der Waals surface area contributed by atoms with E-state index < -0.39 is 0 Å². The Morgan fingerprint density at radius 2 is 2.06 bits per heavy atom. The summed E-state index contributed by atoms with van der Waals surface area (Å²) in [5, 5.41) is 2.66. The lowest BCUT2D eigenvalue weighted by atomic mass is 10.2. The number of nitrogens with two attached hydrogens (primary N) is 1. The van der Waals surface area contributed by atoms with Crippen molar-refractivity contribution >= 4 is 23.1 Å². The standard InChI is InChI=1S/C12H16N2O2S/c1-9-2-4-10(5-3-9)16-8-12(15)14-7-6-11(13)17/h2-5H,6-8H2,1H3,(H2,13,17)(H,14,15). The van der Waals surface area contributed by atoms with Crippen LogP contribution in [0.1, 0.15) is 12.0 Å². The number of carbonyl (C=O) groups excluding carboxylic acids is 1. The summed E-state index contributed by atoms with van der Waals surface area (Å²) in [6.07, 6.45) is 0.506. The van der Waals surface area contributed by atoms with Crippen LogP contribution in [0.5, 0.6) is 5.75 Å². The highest BCUT2D eigenvalue weighted by molar-refractivity contribution is 7.80. The molecule has 0 radical (unpaired) electrons. The van der Waals surface area contributed by atoms with Gasteiger partial charge in [0, 0.05) is 13.0 Å². The van der Waals surface area contributed by atoms with Gasteiger partial charge >= 0.3 is 0 Å². The molecule has 0 spiro atoms. The molecule has 0 unspecified atom stereocenters. The van der Waals surface area contributed by atoms with Gasteiger partial charge in [-0.25, -0.2) is 0 Å². The molecule has 3 N–H and O–H groups in total. The Hall–Kier alpha value is -1.62. The van der Waals surface area contributed by atoms with E-state index in [4.69, 9.17) is 22.7 Å². The summed E-state index contributed by atoms with van der Waals surface area (Å²) >= 11 is 4.70. The normalized spacial score (nSPS) is 9.71. The average molecular weight is 252 g/mol. The quantitative estimate of drug-likeness (QED) is 0.746. The van der Waals surface area contributed by atoms with Crippen molar-refractivity contribution in [3.05, 3.63) is 29.8 Å². The highest BCUT2D eigenvalue weighted by atomic mass is 32.1. The third-order valence-electron chi connectivity index (χ3n) is 2.08. The summed E-state index contributed by atoms with van der Waals surface area (Å²) in [5.74, 6) is 0.502. The molecule has 1 rings (SSSR count). The molecular formula is C12H16N2O2S. The van der Waals surface area contributed by atoms with Gasteiger partial charge in [0.2, 0.25) is 0 Å². The summed E-state index contributed by atoms with van der Waals surface area (Å²) in [7, 11) is 0. The minimum atomic E-state index is -0.179. The second-order valence-electron chi connectivity index (χ2n) is 3.67. The van der Waals surface area contributed by atoms with Crippen LogP contribution in [0, 0.1) is 6.92 Å². The molecule has 1 aromatic rings. The van der Waals surface area contributed by atoms with Crippen LogP contribution in [-0.4, -0.2) is 24.0 Å². The number of aryl methyl sites for hydroxylation is 1. The second kappa shape index (κ2) is 6.85. The molecule has 0 aromatic heterocycles. The van der Waals surface area contributed by atoms with Gasteiger partial charge in [-0.15, -0.1) is 0 Å². The monoisotopic (exact) mass is 252 g/mol. The van der Waals surface area contributed by atoms with E-state index in [9.17, 15) is 4.79 Å². The van der Waals surface area contributed by atoms with Crippen LogP contribution in [0.15, 0.2) is 24.3 Å². The van der Waals surface area contributed by atoms with Crippen molar-refractivity contribution in [3.8, 4) is 5.75 Å². The number of rotatable bonds is 6. The van der Waals surface area contributed by atoms with Gasteiger partial charge < -0.3 is 15.8 Å². The van der Waals surface area contributed by atoms with E-state index in [1.165, 1.54) is 0 Å². The lowest BCUT2D eigenvalue weighted by Crippen LogP contribution is -2.31. The summed E-state index contributed by atoms with van der Waals surface area (Å²) < 4.78 is 5.30. The van der Waals surface area contributed by atoms with Crippen molar-refractivity contribution in [2.24, 2.45) is 5.73 Å². The molecule has 4 nitrogen and oxygen atoms in total. The maximum atomic E-state index is 11.3. The van der Waals surface area contributed by atoms with E-state index in [1.807, 2.05) is 31.2 Å². The molecule has 0 fully saturated rings. The van der Waals surface area contributed by atoms with Gasteiger partial charge in [-0.05, 0) is 19.1 Å². The lowest BCUT2D eigenvalue weighted by Gasteiger charge is -2.07. The lowest BCUT2D eigenvalue weighted by molar-refractivity contribution is -0.123. The Morgan fingerprint density at radius 1 is 1.41 bits per heavy atom. The number of amides is 1. The Balaban J connectivity index is 2.23. The number of carbonyl (C=O) groups is 1. The SMILES string of the molecule is Cc1ccc(OCC(=O)NCCC(N)=S)cc1. The molecule has 0 aliphatic carbocycles. The first kappa shape index (κ1) is 13.4. The van der Waals surface area contributed by atoms with Crippen molar-refractivity contribution in [1.82, 2.24) is 5.32 Å². The zero-order chi connectivity index (χ0) is 12.7. The fourth-order valence-electron chi connectivity index (χ4n) is 1.16. The molecule has 0 aliphatic heterocycles. The van der Waals surface area contributed by atoms with Crippen LogP contribution in [0.25, 0.3) is 0 Å². The van der Waals surface area contributed by atoms with Crippen molar-refractivity contribution < 1.29 is 9.53 Å². The van der Waals surface area contributed by atoms with Crippen LogP contribution >= 0.6 is 12.2 Å². The van der Waals surface area contributed by atoms with Crippen molar-refractivity contribution in [1.29, 1.82) is 0 Å². The first-order chi connectivity index (χ1) is 8.08. The van der Waals surface area contributed by atoms with Gasteiger partial charge in [-0.1, -0.05) is 29.9 Å². The number of hydrogen-bond donors (Lipinski definition) is 2. The van der Waals surface area contributed by atoms with Crippen LogP contribution in [0.3, 0.4) is 0 Å². The van der Waals surface area contributed by atoms with Gasteiger partial charge in [0.25, 0.3) is 5.91 Å². The molecule has 0 aliphatic rings. The number of thiocarbonyl (C=S) groups is 1. The maximum absolute atomic E-state index is 11.3.